The van der Waals surface area contributed by atoms with E-state index in [0.717, 1.165) is 16.3 Å². The Morgan fingerprint density at radius 2 is 1.84 bits per heavy atom. The maximum Gasteiger partial charge on any atom is 0.258 e. The Bertz CT molecular complexity index is 957. The van der Waals surface area contributed by atoms with E-state index >= 15 is 0 Å². The predicted molar refractivity (Wildman–Crippen MR) is 101 cm³/mol. The normalized spacial score (nSPS) is 9.96. The average Bonchev–Trinajstić information content (AvgIpc) is 2.63. The van der Waals surface area contributed by atoms with Crippen molar-refractivity contribution in [2.75, 3.05) is 13.2 Å². The summed E-state index contributed by atoms with van der Waals surface area (Å²) in [6.07, 6.45) is 0. The fourth-order valence-electron chi connectivity index (χ4n) is 2.31. The van der Waals surface area contributed by atoms with Gasteiger partial charge in [-0.1, -0.05) is 59.8 Å². The zero-order valence-corrected chi connectivity index (χ0v) is 14.2. The number of hydrogen-bond donors (Lipinski definition) is 1. The van der Waals surface area contributed by atoms with E-state index in [0.29, 0.717) is 10.8 Å². The minimum Gasteiger partial charge on any atom is -0.484 e. The van der Waals surface area contributed by atoms with Gasteiger partial charge in [0, 0.05) is 10.6 Å². The number of nitrogens with one attached hydrogen (secondary N) is 1. The summed E-state index contributed by atoms with van der Waals surface area (Å²) in [6, 6.07) is 21.0. The van der Waals surface area contributed by atoms with Crippen molar-refractivity contribution in [1.82, 2.24) is 5.32 Å². The van der Waals surface area contributed by atoms with Crippen molar-refractivity contribution in [3.8, 4) is 17.6 Å². The van der Waals surface area contributed by atoms with Gasteiger partial charge in [0.05, 0.1) is 6.54 Å². The molecule has 0 spiro atoms. The number of rotatable bonds is 4. The number of carbonyl (C=O) groups is 1. The third kappa shape index (κ3) is 5.00. The third-order valence-corrected chi connectivity index (χ3v) is 3.76. The fraction of sp³-hybridized carbons (Fsp3) is 0.0952. The molecular formula is C21H16ClNO2. The highest BCUT2D eigenvalue weighted by atomic mass is 35.5. The first-order valence-electron chi connectivity index (χ1n) is 7.83. The summed E-state index contributed by atoms with van der Waals surface area (Å²) in [5.41, 5.74) is 0.814. The molecule has 124 valence electrons. The molecule has 0 heterocycles. The molecule has 0 aliphatic heterocycles. The van der Waals surface area contributed by atoms with Crippen molar-refractivity contribution < 1.29 is 9.53 Å². The van der Waals surface area contributed by atoms with E-state index in [1.807, 2.05) is 54.6 Å². The highest BCUT2D eigenvalue weighted by Crippen LogP contribution is 2.20. The summed E-state index contributed by atoms with van der Waals surface area (Å²) in [5.74, 6) is 6.28. The van der Waals surface area contributed by atoms with Gasteiger partial charge in [0.1, 0.15) is 5.75 Å². The van der Waals surface area contributed by atoms with Crippen LogP contribution < -0.4 is 10.1 Å². The van der Waals surface area contributed by atoms with Crippen LogP contribution in [0.15, 0.2) is 66.7 Å². The van der Waals surface area contributed by atoms with Crippen molar-refractivity contribution in [1.29, 1.82) is 0 Å². The Labute approximate surface area is 151 Å². The van der Waals surface area contributed by atoms with Crippen LogP contribution in [0.25, 0.3) is 10.8 Å². The van der Waals surface area contributed by atoms with Crippen LogP contribution in [0, 0.1) is 11.8 Å². The summed E-state index contributed by atoms with van der Waals surface area (Å²) in [4.78, 5) is 11.8. The zero-order chi connectivity index (χ0) is 17.5. The van der Waals surface area contributed by atoms with Gasteiger partial charge in [0.25, 0.3) is 5.91 Å². The predicted octanol–water partition coefficient (Wildman–Crippen LogP) is 4.04. The molecule has 0 unspecified atom stereocenters. The summed E-state index contributed by atoms with van der Waals surface area (Å²) in [6.45, 7) is 0.212. The van der Waals surface area contributed by atoms with Crippen LogP contribution in [-0.4, -0.2) is 19.1 Å². The van der Waals surface area contributed by atoms with Crippen LogP contribution in [0.5, 0.6) is 5.75 Å². The van der Waals surface area contributed by atoms with Crippen molar-refractivity contribution in [2.45, 2.75) is 0 Å². The second-order valence-electron chi connectivity index (χ2n) is 5.39. The van der Waals surface area contributed by atoms with Crippen molar-refractivity contribution in [3.63, 3.8) is 0 Å². The SMILES string of the molecule is O=C(COc1ccc2ccccc2c1)NCC#Cc1cccc(Cl)c1. The zero-order valence-electron chi connectivity index (χ0n) is 13.5. The fourth-order valence-corrected chi connectivity index (χ4v) is 2.50. The topological polar surface area (TPSA) is 38.3 Å². The molecule has 0 aliphatic carbocycles. The average molecular weight is 350 g/mol. The van der Waals surface area contributed by atoms with E-state index in [4.69, 9.17) is 16.3 Å². The molecule has 3 rings (SSSR count). The van der Waals surface area contributed by atoms with Crippen LogP contribution in [0.3, 0.4) is 0 Å². The molecule has 3 nitrogen and oxygen atoms in total. The number of amides is 1. The van der Waals surface area contributed by atoms with E-state index in [1.165, 1.54) is 0 Å². The van der Waals surface area contributed by atoms with Gasteiger partial charge < -0.3 is 10.1 Å². The van der Waals surface area contributed by atoms with E-state index in [2.05, 4.69) is 17.2 Å². The molecule has 0 aromatic heterocycles. The first-order valence-corrected chi connectivity index (χ1v) is 8.21. The van der Waals surface area contributed by atoms with Crippen LogP contribution in [0.4, 0.5) is 0 Å². The summed E-state index contributed by atoms with van der Waals surface area (Å²) in [7, 11) is 0. The standard InChI is InChI=1S/C21H16ClNO2/c22-19-9-3-5-16(13-19)6-4-12-23-21(24)15-25-20-11-10-17-7-1-2-8-18(17)14-20/h1-3,5,7-11,13-14H,12,15H2,(H,23,24). The van der Waals surface area contributed by atoms with Gasteiger partial charge in [-0.25, -0.2) is 0 Å². The molecule has 1 N–H and O–H groups in total. The van der Waals surface area contributed by atoms with E-state index in [9.17, 15) is 4.79 Å². The Hall–Kier alpha value is -2.96. The minimum absolute atomic E-state index is 0.0445. The van der Waals surface area contributed by atoms with Gasteiger partial charge in [-0.15, -0.1) is 0 Å². The minimum atomic E-state index is -0.214. The maximum absolute atomic E-state index is 11.8. The lowest BCUT2D eigenvalue weighted by Crippen LogP contribution is -2.29. The Balaban J connectivity index is 1.48. The second-order valence-corrected chi connectivity index (χ2v) is 5.82. The van der Waals surface area contributed by atoms with Crippen LogP contribution in [0.2, 0.25) is 5.02 Å². The number of carbonyl (C=O) groups excluding carboxylic acids is 1. The van der Waals surface area contributed by atoms with Crippen LogP contribution in [-0.2, 0) is 4.79 Å². The van der Waals surface area contributed by atoms with Crippen LogP contribution >= 0.6 is 11.6 Å². The maximum atomic E-state index is 11.8. The second kappa shape index (κ2) is 8.23. The van der Waals surface area contributed by atoms with Gasteiger partial charge in [-0.2, -0.15) is 0 Å². The quantitative estimate of drug-likeness (QED) is 0.722. The van der Waals surface area contributed by atoms with Gasteiger partial charge >= 0.3 is 0 Å². The molecule has 25 heavy (non-hydrogen) atoms. The molecule has 0 radical (unpaired) electrons. The van der Waals surface area contributed by atoms with Crippen LogP contribution in [0.1, 0.15) is 5.56 Å². The Kier molecular flexibility index (Phi) is 5.56. The molecule has 0 aliphatic rings. The number of benzene rings is 3. The number of halogens is 1. The first-order chi connectivity index (χ1) is 12.2. The highest BCUT2D eigenvalue weighted by molar-refractivity contribution is 6.30. The lowest BCUT2D eigenvalue weighted by Gasteiger charge is -2.07. The lowest BCUT2D eigenvalue weighted by molar-refractivity contribution is -0.122. The Morgan fingerprint density at radius 1 is 1.00 bits per heavy atom. The summed E-state index contributed by atoms with van der Waals surface area (Å²) in [5, 5.41) is 5.55. The van der Waals surface area contributed by atoms with Crippen molar-refractivity contribution >= 4 is 28.3 Å². The largest absolute Gasteiger partial charge is 0.484 e. The third-order valence-electron chi connectivity index (χ3n) is 3.52. The summed E-state index contributed by atoms with van der Waals surface area (Å²) < 4.78 is 5.53. The van der Waals surface area contributed by atoms with Gasteiger partial charge in [-0.05, 0) is 41.1 Å². The highest BCUT2D eigenvalue weighted by Gasteiger charge is 2.02. The van der Waals surface area contributed by atoms with Gasteiger partial charge in [0.2, 0.25) is 0 Å². The van der Waals surface area contributed by atoms with E-state index in [1.54, 1.807) is 12.1 Å². The molecule has 3 aromatic rings. The monoisotopic (exact) mass is 349 g/mol. The molecule has 0 fully saturated rings. The van der Waals surface area contributed by atoms with E-state index < -0.39 is 0 Å². The molecule has 1 amide bonds. The molecule has 0 saturated carbocycles. The van der Waals surface area contributed by atoms with Gasteiger partial charge in [0.15, 0.2) is 6.61 Å². The molecule has 3 aromatic carbocycles. The molecule has 4 heteroatoms. The number of ether oxygens (including phenoxy) is 1. The number of hydrogen-bond acceptors (Lipinski definition) is 2. The smallest absolute Gasteiger partial charge is 0.258 e. The van der Waals surface area contributed by atoms with Crippen molar-refractivity contribution in [2.24, 2.45) is 0 Å². The summed E-state index contributed by atoms with van der Waals surface area (Å²) >= 11 is 5.89. The molecule has 0 bridgehead atoms. The molecular weight excluding hydrogens is 334 g/mol. The molecule has 0 saturated heterocycles. The Morgan fingerprint density at radius 3 is 2.68 bits per heavy atom. The van der Waals surface area contributed by atoms with Gasteiger partial charge in [-0.3, -0.25) is 4.79 Å². The van der Waals surface area contributed by atoms with E-state index in [-0.39, 0.29) is 19.1 Å². The number of fused-ring (bicyclic) bond motifs is 1. The van der Waals surface area contributed by atoms with Crippen molar-refractivity contribution in [3.05, 3.63) is 77.3 Å². The lowest BCUT2D eigenvalue weighted by atomic mass is 10.1. The first kappa shape index (κ1) is 16.9. The molecule has 0 atom stereocenters.